The van der Waals surface area contributed by atoms with Crippen molar-refractivity contribution < 1.29 is 4.79 Å². The Kier molecular flexibility index (Phi) is 5.50. The minimum absolute atomic E-state index is 0.0917. The number of amides is 1. The Balaban J connectivity index is 1.40. The molecule has 5 nitrogen and oxygen atoms in total. The number of benzene rings is 1. The maximum absolute atomic E-state index is 13.6. The van der Waals surface area contributed by atoms with Crippen molar-refractivity contribution in [1.29, 1.82) is 5.26 Å². The van der Waals surface area contributed by atoms with Crippen LogP contribution in [0.25, 0.3) is 10.9 Å². The number of nitrogens with zero attached hydrogens (tertiary/aromatic N) is 4. The normalized spacial score (nSPS) is 26.6. The van der Waals surface area contributed by atoms with Crippen molar-refractivity contribution >= 4 is 16.8 Å². The zero-order valence-corrected chi connectivity index (χ0v) is 18.9. The number of aryl methyl sites for hydroxylation is 1. The molecule has 164 valence electrons. The molecule has 2 saturated carbocycles. The average Bonchev–Trinajstić information content (AvgIpc) is 3.55. The number of aromatic nitrogens is 2. The molecule has 1 aromatic carbocycles. The van der Waals surface area contributed by atoms with E-state index in [4.69, 9.17) is 10.4 Å². The van der Waals surface area contributed by atoms with Crippen LogP contribution in [0.15, 0.2) is 18.2 Å². The van der Waals surface area contributed by atoms with E-state index in [1.807, 2.05) is 11.7 Å². The molecule has 4 unspecified atom stereocenters. The minimum Gasteiger partial charge on any atom is -0.337 e. The molecule has 2 bridgehead atoms. The van der Waals surface area contributed by atoms with E-state index in [0.29, 0.717) is 24.8 Å². The summed E-state index contributed by atoms with van der Waals surface area (Å²) in [6.45, 7) is 2.17. The summed E-state index contributed by atoms with van der Waals surface area (Å²) in [5.74, 6) is 1.76. The van der Waals surface area contributed by atoms with Crippen molar-refractivity contribution in [2.24, 2.45) is 13.0 Å². The Hall–Kier alpha value is -2.35. The number of fused-ring (bicyclic) bond motifs is 3. The van der Waals surface area contributed by atoms with Gasteiger partial charge in [-0.1, -0.05) is 31.9 Å². The van der Waals surface area contributed by atoms with Gasteiger partial charge in [0.1, 0.15) is 0 Å². The summed E-state index contributed by atoms with van der Waals surface area (Å²) in [6, 6.07) is 9.46. The van der Waals surface area contributed by atoms with Crippen molar-refractivity contribution in [3.05, 3.63) is 29.5 Å². The molecule has 2 heterocycles. The van der Waals surface area contributed by atoms with Crippen LogP contribution in [-0.2, 0) is 11.8 Å². The van der Waals surface area contributed by atoms with Crippen LogP contribution >= 0.6 is 0 Å². The van der Waals surface area contributed by atoms with Crippen LogP contribution in [0.5, 0.6) is 0 Å². The standard InChI is InChI=1S/C26H34N4O/c1-17(26-25-22(19-11-12-19)9-4-10-23(25)29(2)28-26)14-24(31)30-20-7-3-6-18(15-20)16-21(30)8-5-13-27/h4,9-10,17-21H,3,5-8,11-12,14-16H2,1-2H3. The molecule has 0 N–H and O–H groups in total. The van der Waals surface area contributed by atoms with Crippen LogP contribution in [0.1, 0.15) is 94.2 Å². The summed E-state index contributed by atoms with van der Waals surface area (Å²) < 4.78 is 1.99. The zero-order chi connectivity index (χ0) is 21.5. The quantitative estimate of drug-likeness (QED) is 0.630. The minimum atomic E-state index is 0.0917. The van der Waals surface area contributed by atoms with Crippen molar-refractivity contribution in [3.8, 4) is 6.07 Å². The molecule has 31 heavy (non-hydrogen) atoms. The molecule has 1 aliphatic heterocycles. The largest absolute Gasteiger partial charge is 0.337 e. The molecule has 3 aliphatic rings. The number of carbonyl (C=O) groups excluding carboxylic acids is 1. The zero-order valence-electron chi connectivity index (χ0n) is 18.9. The number of hydrogen-bond donors (Lipinski definition) is 0. The maximum atomic E-state index is 13.6. The molecule has 1 aromatic heterocycles. The predicted molar refractivity (Wildman–Crippen MR) is 122 cm³/mol. The predicted octanol–water partition coefficient (Wildman–Crippen LogP) is 5.41. The molecule has 2 aromatic rings. The lowest BCUT2D eigenvalue weighted by molar-refractivity contribution is -0.141. The van der Waals surface area contributed by atoms with E-state index in [1.54, 1.807) is 0 Å². The second kappa shape index (κ2) is 8.30. The summed E-state index contributed by atoms with van der Waals surface area (Å²) in [7, 11) is 2.02. The summed E-state index contributed by atoms with van der Waals surface area (Å²) in [5.41, 5.74) is 3.68. The number of carbonyl (C=O) groups is 1. The van der Waals surface area contributed by atoms with Crippen LogP contribution in [0.4, 0.5) is 0 Å². The van der Waals surface area contributed by atoms with Crippen molar-refractivity contribution in [2.45, 2.75) is 95.1 Å². The molecule has 5 rings (SSSR count). The van der Waals surface area contributed by atoms with Gasteiger partial charge in [-0.3, -0.25) is 9.48 Å². The lowest BCUT2D eigenvalue weighted by Gasteiger charge is -2.48. The topological polar surface area (TPSA) is 61.9 Å². The second-order valence-corrected chi connectivity index (χ2v) is 10.2. The monoisotopic (exact) mass is 418 g/mol. The van der Waals surface area contributed by atoms with Gasteiger partial charge in [-0.05, 0) is 62.0 Å². The van der Waals surface area contributed by atoms with Gasteiger partial charge >= 0.3 is 0 Å². The van der Waals surface area contributed by atoms with Crippen LogP contribution < -0.4 is 0 Å². The first-order chi connectivity index (χ1) is 15.1. The molecule has 3 fully saturated rings. The molecule has 0 spiro atoms. The summed E-state index contributed by atoms with van der Waals surface area (Å²) in [4.78, 5) is 15.8. The fourth-order valence-corrected chi connectivity index (χ4v) is 6.34. The number of likely N-dealkylation sites (tertiary alicyclic amines) is 1. The molecule has 4 atom stereocenters. The lowest BCUT2D eigenvalue weighted by atomic mass is 9.75. The first-order valence-corrected chi connectivity index (χ1v) is 12.2. The van der Waals surface area contributed by atoms with Gasteiger partial charge in [-0.15, -0.1) is 0 Å². The van der Waals surface area contributed by atoms with Crippen molar-refractivity contribution in [3.63, 3.8) is 0 Å². The van der Waals surface area contributed by atoms with E-state index in [1.165, 1.54) is 42.1 Å². The third-order valence-electron chi connectivity index (χ3n) is 7.93. The van der Waals surface area contributed by atoms with E-state index < -0.39 is 0 Å². The van der Waals surface area contributed by atoms with E-state index in [2.05, 4.69) is 36.1 Å². The average molecular weight is 419 g/mol. The first-order valence-electron chi connectivity index (χ1n) is 12.2. The highest BCUT2D eigenvalue weighted by molar-refractivity contribution is 5.88. The van der Waals surface area contributed by atoms with Gasteiger partial charge in [0.15, 0.2) is 0 Å². The van der Waals surface area contributed by atoms with Gasteiger partial charge in [-0.25, -0.2) is 0 Å². The Morgan fingerprint density at radius 3 is 2.87 bits per heavy atom. The molecule has 1 amide bonds. The van der Waals surface area contributed by atoms with Gasteiger partial charge in [0.2, 0.25) is 5.91 Å². The highest BCUT2D eigenvalue weighted by Crippen LogP contribution is 2.45. The molecule has 0 radical (unpaired) electrons. The highest BCUT2D eigenvalue weighted by Gasteiger charge is 2.40. The SMILES string of the molecule is CC(CC(=O)N1C(CCC#N)CC2CCCC1C2)c1nn(C)c2cccc(C3CC3)c12. The molecular formula is C26H34N4O. The number of rotatable bonds is 6. The van der Waals surface area contributed by atoms with Crippen LogP contribution in [0.2, 0.25) is 0 Å². The molecular weight excluding hydrogens is 384 g/mol. The van der Waals surface area contributed by atoms with Gasteiger partial charge in [0.05, 0.1) is 17.3 Å². The summed E-state index contributed by atoms with van der Waals surface area (Å²) in [6.07, 6.45) is 10.3. The molecule has 2 aliphatic carbocycles. The van der Waals surface area contributed by atoms with Crippen molar-refractivity contribution in [2.75, 3.05) is 0 Å². The number of nitriles is 1. The van der Waals surface area contributed by atoms with Crippen LogP contribution in [0, 0.1) is 17.2 Å². The highest BCUT2D eigenvalue weighted by atomic mass is 16.2. The Bertz CT molecular complexity index is 1010. The first kappa shape index (κ1) is 20.5. The number of hydrogen-bond acceptors (Lipinski definition) is 3. The Morgan fingerprint density at radius 2 is 2.10 bits per heavy atom. The smallest absolute Gasteiger partial charge is 0.223 e. The maximum Gasteiger partial charge on any atom is 0.223 e. The third kappa shape index (κ3) is 3.86. The van der Waals surface area contributed by atoms with E-state index in [9.17, 15) is 4.79 Å². The van der Waals surface area contributed by atoms with Gasteiger partial charge < -0.3 is 4.90 Å². The molecule has 1 saturated heterocycles. The van der Waals surface area contributed by atoms with E-state index >= 15 is 0 Å². The van der Waals surface area contributed by atoms with Crippen molar-refractivity contribution in [1.82, 2.24) is 14.7 Å². The molecule has 5 heteroatoms. The second-order valence-electron chi connectivity index (χ2n) is 10.2. The van der Waals surface area contributed by atoms with E-state index in [0.717, 1.165) is 37.3 Å². The van der Waals surface area contributed by atoms with E-state index in [-0.39, 0.29) is 17.9 Å². The number of piperidine rings is 1. The third-order valence-corrected chi connectivity index (χ3v) is 7.93. The summed E-state index contributed by atoms with van der Waals surface area (Å²) >= 11 is 0. The van der Waals surface area contributed by atoms with Gasteiger partial charge in [-0.2, -0.15) is 10.4 Å². The van der Waals surface area contributed by atoms with Gasteiger partial charge in [0.25, 0.3) is 0 Å². The Labute approximate surface area is 185 Å². The van der Waals surface area contributed by atoms with Crippen LogP contribution in [-0.4, -0.2) is 32.7 Å². The fourth-order valence-electron chi connectivity index (χ4n) is 6.34. The van der Waals surface area contributed by atoms with Crippen LogP contribution in [0.3, 0.4) is 0 Å². The van der Waals surface area contributed by atoms with Gasteiger partial charge in [0, 0.05) is 43.3 Å². The lowest BCUT2D eigenvalue weighted by Crippen LogP contribution is -2.53. The Morgan fingerprint density at radius 1 is 1.26 bits per heavy atom. The fraction of sp³-hybridized carbons (Fsp3) is 0.654. The summed E-state index contributed by atoms with van der Waals surface area (Å²) in [5, 5.41) is 15.3.